The van der Waals surface area contributed by atoms with Crippen LogP contribution in [0.2, 0.25) is 0 Å². The van der Waals surface area contributed by atoms with Crippen molar-refractivity contribution in [2.45, 2.75) is 26.5 Å². The van der Waals surface area contributed by atoms with Gasteiger partial charge in [0.05, 0.1) is 22.8 Å². The molecule has 6 rings (SSSR count). The summed E-state index contributed by atoms with van der Waals surface area (Å²) in [5, 5.41) is 24.6. The third-order valence-electron chi connectivity index (χ3n) is 6.06. The minimum atomic E-state index is -0.733. The Morgan fingerprint density at radius 1 is 1.08 bits per heavy atom. The van der Waals surface area contributed by atoms with Crippen LogP contribution in [0.15, 0.2) is 53.7 Å². The molecule has 0 spiro atoms. The molecule has 6 aromatic heterocycles. The minimum absolute atomic E-state index is 0.215. The normalized spacial score (nSPS) is 12.6. The summed E-state index contributed by atoms with van der Waals surface area (Å²) in [5.41, 5.74) is 5.27. The summed E-state index contributed by atoms with van der Waals surface area (Å²) in [6.07, 6.45) is 6.13. The zero-order valence-electron chi connectivity index (χ0n) is 20.0. The van der Waals surface area contributed by atoms with Crippen LogP contribution in [0, 0.1) is 11.7 Å². The molecule has 0 aromatic carbocycles. The SMILES string of the molecule is CC(C)CC(O)Nc1cncc(-c2cnc3n[nH]c(-c4nc5nccc(-c6ccsc6)c5[nH]4)c3c2F)c1. The summed E-state index contributed by atoms with van der Waals surface area (Å²) in [6.45, 7) is 4.05. The van der Waals surface area contributed by atoms with Gasteiger partial charge in [-0.05, 0) is 46.9 Å². The van der Waals surface area contributed by atoms with E-state index in [-0.39, 0.29) is 16.6 Å². The van der Waals surface area contributed by atoms with Gasteiger partial charge in [-0.25, -0.2) is 19.3 Å². The number of aromatic amines is 2. The number of nitrogens with one attached hydrogen (secondary N) is 3. The molecule has 0 radical (unpaired) electrons. The maximum atomic E-state index is 16.0. The van der Waals surface area contributed by atoms with E-state index in [4.69, 9.17) is 0 Å². The Morgan fingerprint density at radius 2 is 1.97 bits per heavy atom. The highest BCUT2D eigenvalue weighted by molar-refractivity contribution is 7.08. The number of aliphatic hydroxyl groups excluding tert-OH is 1. The second-order valence-corrected chi connectivity index (χ2v) is 9.97. The molecular weight excluding hydrogens is 491 g/mol. The van der Waals surface area contributed by atoms with Crippen LogP contribution < -0.4 is 5.32 Å². The summed E-state index contributed by atoms with van der Waals surface area (Å²) in [5.74, 6) is 0.231. The first-order valence-corrected chi connectivity index (χ1v) is 12.7. The molecule has 0 aliphatic carbocycles. The number of pyridine rings is 3. The molecule has 0 fully saturated rings. The standard InChI is InChI=1S/C26H23FN8OS/c1-13(2)7-19(36)31-16-8-15(9-28-10-16)18-11-30-24-20(21(18)27)23(34-35-24)26-32-22-17(14-4-6-37-12-14)3-5-29-25(22)33-26/h3-6,8-13,19,31,36H,7H2,1-2H3,(H,29,32,33)(H,30,34,35). The van der Waals surface area contributed by atoms with Crippen molar-refractivity contribution in [2.75, 3.05) is 5.32 Å². The number of anilines is 1. The maximum absolute atomic E-state index is 16.0. The van der Waals surface area contributed by atoms with Crippen LogP contribution in [0.5, 0.6) is 0 Å². The summed E-state index contributed by atoms with van der Waals surface area (Å²) in [6, 6.07) is 5.69. The Labute approximate surface area is 214 Å². The number of hydrogen-bond donors (Lipinski definition) is 4. The first-order valence-electron chi connectivity index (χ1n) is 11.8. The average molecular weight is 515 g/mol. The molecule has 0 aliphatic heterocycles. The van der Waals surface area contributed by atoms with Gasteiger partial charge < -0.3 is 15.4 Å². The Hall–Kier alpha value is -4.22. The zero-order chi connectivity index (χ0) is 25.5. The van der Waals surface area contributed by atoms with E-state index < -0.39 is 12.0 Å². The van der Waals surface area contributed by atoms with E-state index in [0.717, 1.165) is 16.6 Å². The number of hydrogen-bond acceptors (Lipinski definition) is 8. The van der Waals surface area contributed by atoms with Crippen molar-refractivity contribution in [3.8, 4) is 33.8 Å². The number of fused-ring (bicyclic) bond motifs is 2. The number of H-pyrrole nitrogens is 2. The molecule has 11 heteroatoms. The van der Waals surface area contributed by atoms with Crippen LogP contribution in [-0.2, 0) is 0 Å². The lowest BCUT2D eigenvalue weighted by atomic mass is 10.1. The monoisotopic (exact) mass is 514 g/mol. The number of aromatic nitrogens is 7. The van der Waals surface area contributed by atoms with Crippen molar-refractivity contribution in [3.05, 3.63) is 59.6 Å². The number of nitrogens with zero attached hydrogens (tertiary/aromatic N) is 5. The van der Waals surface area contributed by atoms with Crippen molar-refractivity contribution < 1.29 is 9.50 Å². The number of halogens is 1. The van der Waals surface area contributed by atoms with Gasteiger partial charge in [0.1, 0.15) is 17.7 Å². The summed E-state index contributed by atoms with van der Waals surface area (Å²) >= 11 is 1.61. The molecule has 0 saturated carbocycles. The lowest BCUT2D eigenvalue weighted by Crippen LogP contribution is -2.20. The van der Waals surface area contributed by atoms with Gasteiger partial charge in [-0.3, -0.25) is 10.1 Å². The lowest BCUT2D eigenvalue weighted by molar-refractivity contribution is 0.176. The molecule has 6 heterocycles. The zero-order valence-corrected chi connectivity index (χ0v) is 20.8. The first-order chi connectivity index (χ1) is 18.0. The molecule has 1 unspecified atom stereocenters. The smallest absolute Gasteiger partial charge is 0.184 e. The van der Waals surface area contributed by atoms with Crippen LogP contribution in [0.25, 0.3) is 56.0 Å². The molecule has 0 saturated heterocycles. The number of thiophene rings is 1. The van der Waals surface area contributed by atoms with E-state index in [1.165, 1.54) is 6.20 Å². The van der Waals surface area contributed by atoms with Crippen molar-refractivity contribution in [2.24, 2.45) is 5.92 Å². The van der Waals surface area contributed by atoms with Gasteiger partial charge in [0.15, 0.2) is 17.1 Å². The summed E-state index contributed by atoms with van der Waals surface area (Å²) in [4.78, 5) is 20.9. The van der Waals surface area contributed by atoms with Gasteiger partial charge in [-0.2, -0.15) is 16.4 Å². The van der Waals surface area contributed by atoms with E-state index in [1.54, 1.807) is 36.0 Å². The highest BCUT2D eigenvalue weighted by atomic mass is 32.1. The van der Waals surface area contributed by atoms with Gasteiger partial charge >= 0.3 is 0 Å². The van der Waals surface area contributed by atoms with Crippen LogP contribution in [0.3, 0.4) is 0 Å². The largest absolute Gasteiger partial charge is 0.374 e. The summed E-state index contributed by atoms with van der Waals surface area (Å²) < 4.78 is 16.0. The van der Waals surface area contributed by atoms with E-state index in [1.807, 2.05) is 31.4 Å². The van der Waals surface area contributed by atoms with Crippen LogP contribution >= 0.6 is 11.3 Å². The number of rotatable bonds is 7. The third-order valence-corrected chi connectivity index (χ3v) is 6.74. The number of aliphatic hydroxyl groups is 1. The van der Waals surface area contributed by atoms with Crippen LogP contribution in [0.4, 0.5) is 10.1 Å². The molecule has 9 nitrogen and oxygen atoms in total. The third kappa shape index (κ3) is 4.32. The predicted molar refractivity (Wildman–Crippen MR) is 142 cm³/mol. The second-order valence-electron chi connectivity index (χ2n) is 9.19. The molecule has 6 aromatic rings. The molecule has 0 aliphatic rings. The highest BCUT2D eigenvalue weighted by Gasteiger charge is 2.21. The van der Waals surface area contributed by atoms with Gasteiger partial charge in [0.25, 0.3) is 0 Å². The van der Waals surface area contributed by atoms with E-state index in [0.29, 0.717) is 40.8 Å². The topological polar surface area (TPSA) is 128 Å². The van der Waals surface area contributed by atoms with Crippen LogP contribution in [-0.4, -0.2) is 46.5 Å². The van der Waals surface area contributed by atoms with Crippen LogP contribution in [0.1, 0.15) is 20.3 Å². The fraction of sp³-hybridized carbons (Fsp3) is 0.192. The Morgan fingerprint density at radius 3 is 2.78 bits per heavy atom. The molecule has 0 bridgehead atoms. The van der Waals surface area contributed by atoms with Crippen molar-refractivity contribution in [3.63, 3.8) is 0 Å². The van der Waals surface area contributed by atoms with E-state index in [2.05, 4.69) is 45.8 Å². The predicted octanol–water partition coefficient (Wildman–Crippen LogP) is 5.60. The van der Waals surface area contributed by atoms with Gasteiger partial charge in [0.2, 0.25) is 0 Å². The Bertz CT molecular complexity index is 1710. The molecular formula is C26H23FN8OS. The second kappa shape index (κ2) is 9.34. The minimum Gasteiger partial charge on any atom is -0.374 e. The average Bonchev–Trinajstić information content (AvgIpc) is 3.62. The summed E-state index contributed by atoms with van der Waals surface area (Å²) in [7, 11) is 0. The van der Waals surface area contributed by atoms with Gasteiger partial charge in [-0.1, -0.05) is 13.8 Å². The lowest BCUT2D eigenvalue weighted by Gasteiger charge is -2.16. The Kier molecular flexibility index (Phi) is 5.85. The Balaban J connectivity index is 1.42. The number of imidazole rings is 1. The molecule has 0 amide bonds. The molecule has 37 heavy (non-hydrogen) atoms. The first kappa shape index (κ1) is 23.2. The molecule has 186 valence electrons. The maximum Gasteiger partial charge on any atom is 0.184 e. The molecule has 4 N–H and O–H groups in total. The van der Waals surface area contributed by atoms with Gasteiger partial charge in [0, 0.05) is 35.3 Å². The van der Waals surface area contributed by atoms with Gasteiger partial charge in [-0.15, -0.1) is 0 Å². The fourth-order valence-corrected chi connectivity index (χ4v) is 5.03. The van der Waals surface area contributed by atoms with Crippen molar-refractivity contribution in [1.82, 2.24) is 35.1 Å². The van der Waals surface area contributed by atoms with E-state index in [9.17, 15) is 5.11 Å². The van der Waals surface area contributed by atoms with E-state index >= 15 is 4.39 Å². The quantitative estimate of drug-likeness (QED) is 0.204. The van der Waals surface area contributed by atoms with Crippen molar-refractivity contribution in [1.29, 1.82) is 0 Å². The van der Waals surface area contributed by atoms with Crippen molar-refractivity contribution >= 4 is 39.2 Å². The molecule has 1 atom stereocenters. The fourth-order valence-electron chi connectivity index (χ4n) is 4.38. The highest BCUT2D eigenvalue weighted by Crippen LogP contribution is 2.34.